The van der Waals surface area contributed by atoms with Gasteiger partial charge in [0.1, 0.15) is 5.75 Å². The predicted molar refractivity (Wildman–Crippen MR) is 52.5 cm³/mol. The lowest BCUT2D eigenvalue weighted by atomic mass is 9.93. The van der Waals surface area contributed by atoms with Gasteiger partial charge in [-0.2, -0.15) is 4.89 Å². The predicted octanol–water partition coefficient (Wildman–Crippen LogP) is 1.18. The van der Waals surface area contributed by atoms with Crippen LogP contribution in [0.1, 0.15) is 17.9 Å². The minimum atomic E-state index is -0.655. The van der Waals surface area contributed by atoms with Gasteiger partial charge in [-0.15, -0.1) is 0 Å². The van der Waals surface area contributed by atoms with E-state index < -0.39 is 17.9 Å². The van der Waals surface area contributed by atoms with Crippen molar-refractivity contribution >= 4 is 11.9 Å². The van der Waals surface area contributed by atoms with Crippen molar-refractivity contribution in [2.75, 3.05) is 7.11 Å². The van der Waals surface area contributed by atoms with Crippen molar-refractivity contribution in [2.24, 2.45) is 0 Å². The minimum Gasteiger partial charge on any atom is -0.426 e. The van der Waals surface area contributed by atoms with Crippen LogP contribution in [0.4, 0.5) is 0 Å². The fourth-order valence-electron chi connectivity index (χ4n) is 1.65. The molecule has 0 radical (unpaired) electrons. The number of hydrogen-bond acceptors (Lipinski definition) is 5. The highest BCUT2D eigenvalue weighted by atomic mass is 17.2. The molecule has 2 rings (SSSR count). The molecule has 5 heteroatoms. The van der Waals surface area contributed by atoms with Crippen molar-refractivity contribution in [3.63, 3.8) is 0 Å². The topological polar surface area (TPSA) is 61.8 Å². The van der Waals surface area contributed by atoms with Crippen molar-refractivity contribution in [2.45, 2.75) is 12.3 Å². The number of ether oxygens (including phenoxy) is 1. The molecule has 5 nitrogen and oxygen atoms in total. The molecule has 0 spiro atoms. The maximum Gasteiger partial charge on any atom is 0.350 e. The number of benzene rings is 1. The van der Waals surface area contributed by atoms with Crippen LogP contribution < -0.4 is 4.74 Å². The van der Waals surface area contributed by atoms with Crippen LogP contribution >= 0.6 is 0 Å². The SMILES string of the molecule is COOC(=O)C1CC(=O)Oc2ccccc21. The Morgan fingerprint density at radius 3 is 2.94 bits per heavy atom. The lowest BCUT2D eigenvalue weighted by Crippen LogP contribution is -2.26. The summed E-state index contributed by atoms with van der Waals surface area (Å²) < 4.78 is 5.00. The molecule has 0 amide bonds. The van der Waals surface area contributed by atoms with Gasteiger partial charge >= 0.3 is 11.9 Å². The fraction of sp³-hybridized carbons (Fsp3) is 0.273. The number of carbonyl (C=O) groups excluding carboxylic acids is 2. The van der Waals surface area contributed by atoms with Crippen LogP contribution in [0.5, 0.6) is 5.75 Å². The van der Waals surface area contributed by atoms with Crippen LogP contribution in [0.15, 0.2) is 24.3 Å². The monoisotopic (exact) mass is 222 g/mol. The molecule has 0 saturated heterocycles. The summed E-state index contributed by atoms with van der Waals surface area (Å²) in [6.45, 7) is 0. The van der Waals surface area contributed by atoms with E-state index in [0.29, 0.717) is 11.3 Å². The average molecular weight is 222 g/mol. The molecule has 0 saturated carbocycles. The van der Waals surface area contributed by atoms with Gasteiger partial charge in [0.25, 0.3) is 0 Å². The first-order valence-corrected chi connectivity index (χ1v) is 4.76. The Morgan fingerprint density at radius 1 is 1.44 bits per heavy atom. The largest absolute Gasteiger partial charge is 0.426 e. The second kappa shape index (κ2) is 4.32. The van der Waals surface area contributed by atoms with E-state index in [1.807, 2.05) is 0 Å². The van der Waals surface area contributed by atoms with E-state index >= 15 is 0 Å². The molecule has 0 bridgehead atoms. The van der Waals surface area contributed by atoms with Crippen molar-refractivity contribution in [1.82, 2.24) is 0 Å². The molecule has 0 N–H and O–H groups in total. The van der Waals surface area contributed by atoms with Crippen LogP contribution in [-0.4, -0.2) is 19.0 Å². The maximum atomic E-state index is 11.6. The number of rotatable bonds is 2. The average Bonchev–Trinajstić information content (AvgIpc) is 2.28. The molecule has 1 unspecified atom stereocenters. The third kappa shape index (κ3) is 1.90. The summed E-state index contributed by atoms with van der Waals surface area (Å²) >= 11 is 0. The van der Waals surface area contributed by atoms with Crippen molar-refractivity contribution in [3.05, 3.63) is 29.8 Å². The van der Waals surface area contributed by atoms with E-state index in [0.717, 1.165) is 0 Å². The molecule has 0 fully saturated rings. The van der Waals surface area contributed by atoms with Gasteiger partial charge < -0.3 is 4.74 Å². The fourth-order valence-corrected chi connectivity index (χ4v) is 1.65. The molecule has 1 aliphatic rings. The molecule has 1 aromatic carbocycles. The first-order valence-electron chi connectivity index (χ1n) is 4.76. The van der Waals surface area contributed by atoms with Gasteiger partial charge in [-0.05, 0) is 6.07 Å². The second-order valence-electron chi connectivity index (χ2n) is 3.34. The zero-order chi connectivity index (χ0) is 11.5. The summed E-state index contributed by atoms with van der Waals surface area (Å²) in [6.07, 6.45) is -0.0286. The normalized spacial score (nSPS) is 18.6. The minimum absolute atomic E-state index is 0.0286. The second-order valence-corrected chi connectivity index (χ2v) is 3.34. The lowest BCUT2D eigenvalue weighted by Gasteiger charge is -2.21. The molecule has 1 heterocycles. The van der Waals surface area contributed by atoms with E-state index in [9.17, 15) is 9.59 Å². The van der Waals surface area contributed by atoms with E-state index in [1.54, 1.807) is 24.3 Å². The highest BCUT2D eigenvalue weighted by Gasteiger charge is 2.33. The van der Waals surface area contributed by atoms with Gasteiger partial charge in [-0.1, -0.05) is 18.2 Å². The summed E-state index contributed by atoms with van der Waals surface area (Å²) in [5, 5.41) is 0. The third-order valence-electron chi connectivity index (χ3n) is 2.34. The van der Waals surface area contributed by atoms with Crippen LogP contribution in [0.2, 0.25) is 0 Å². The van der Waals surface area contributed by atoms with Crippen molar-refractivity contribution < 1.29 is 24.1 Å². The molecule has 0 aromatic heterocycles. The zero-order valence-electron chi connectivity index (χ0n) is 8.64. The Morgan fingerprint density at radius 2 is 2.19 bits per heavy atom. The number of fused-ring (bicyclic) bond motifs is 1. The lowest BCUT2D eigenvalue weighted by molar-refractivity contribution is -0.256. The molecule has 84 valence electrons. The van der Waals surface area contributed by atoms with Crippen LogP contribution in [0.25, 0.3) is 0 Å². The Labute approximate surface area is 91.8 Å². The van der Waals surface area contributed by atoms with E-state index in [4.69, 9.17) is 4.74 Å². The summed E-state index contributed by atoms with van der Waals surface area (Å²) in [5.74, 6) is -1.29. The molecular weight excluding hydrogens is 212 g/mol. The molecule has 0 aliphatic carbocycles. The first kappa shape index (κ1) is 10.6. The van der Waals surface area contributed by atoms with E-state index in [1.165, 1.54) is 7.11 Å². The smallest absolute Gasteiger partial charge is 0.350 e. The van der Waals surface area contributed by atoms with Crippen molar-refractivity contribution in [3.8, 4) is 5.75 Å². The van der Waals surface area contributed by atoms with Gasteiger partial charge in [0.05, 0.1) is 19.4 Å². The van der Waals surface area contributed by atoms with Gasteiger partial charge in [0.15, 0.2) is 0 Å². The Hall–Kier alpha value is -1.88. The molecular formula is C11H10O5. The van der Waals surface area contributed by atoms with Crippen molar-refractivity contribution in [1.29, 1.82) is 0 Å². The van der Waals surface area contributed by atoms with Gasteiger partial charge in [-0.3, -0.25) is 9.68 Å². The third-order valence-corrected chi connectivity index (χ3v) is 2.34. The number of para-hydroxylation sites is 1. The number of carbonyl (C=O) groups is 2. The molecule has 1 aromatic rings. The van der Waals surface area contributed by atoms with Gasteiger partial charge in [0.2, 0.25) is 0 Å². The number of esters is 1. The Balaban J connectivity index is 2.33. The molecule has 1 atom stereocenters. The van der Waals surface area contributed by atoms with Crippen LogP contribution in [0, 0.1) is 0 Å². The highest BCUT2D eigenvalue weighted by molar-refractivity contribution is 5.88. The van der Waals surface area contributed by atoms with E-state index in [2.05, 4.69) is 9.78 Å². The zero-order valence-corrected chi connectivity index (χ0v) is 8.64. The summed E-state index contributed by atoms with van der Waals surface area (Å²) in [4.78, 5) is 31.6. The van der Waals surface area contributed by atoms with E-state index in [-0.39, 0.29) is 6.42 Å². The summed E-state index contributed by atoms with van der Waals surface area (Å²) in [6, 6.07) is 6.87. The Bertz CT molecular complexity index is 426. The molecule has 16 heavy (non-hydrogen) atoms. The number of hydrogen-bond donors (Lipinski definition) is 0. The Kier molecular flexibility index (Phi) is 2.87. The molecule has 1 aliphatic heterocycles. The first-order chi connectivity index (χ1) is 7.72. The maximum absolute atomic E-state index is 11.6. The van der Waals surface area contributed by atoms with Crippen LogP contribution in [-0.2, 0) is 19.4 Å². The highest BCUT2D eigenvalue weighted by Crippen LogP contribution is 2.34. The van der Waals surface area contributed by atoms with Gasteiger partial charge in [0, 0.05) is 5.56 Å². The summed E-state index contributed by atoms with van der Waals surface area (Å²) in [5.41, 5.74) is 0.643. The quantitative estimate of drug-likeness (QED) is 0.325. The summed E-state index contributed by atoms with van der Waals surface area (Å²) in [7, 11) is 1.24. The van der Waals surface area contributed by atoms with Crippen LogP contribution in [0.3, 0.4) is 0 Å². The standard InChI is InChI=1S/C11H10O5/c1-14-16-11(13)8-6-10(12)15-9-5-3-2-4-7(8)9/h2-5,8H,6H2,1H3. The van der Waals surface area contributed by atoms with Gasteiger partial charge in [-0.25, -0.2) is 4.79 Å².